The molecule has 0 heterocycles. The van der Waals surface area contributed by atoms with Gasteiger partial charge in [0.05, 0.1) is 0 Å². The Labute approximate surface area is 149 Å². The molecule has 0 aliphatic heterocycles. The minimum absolute atomic E-state index is 0.346. The molecule has 1 aliphatic rings. The van der Waals surface area contributed by atoms with Crippen LogP contribution in [-0.4, -0.2) is 25.0 Å². The Morgan fingerprint density at radius 1 is 1.13 bits per heavy atom. The normalized spacial score (nSPS) is 17.7. The van der Waals surface area contributed by atoms with Crippen LogP contribution in [0.2, 0.25) is 5.02 Å². The maximum atomic E-state index is 8.52. The molecule has 0 amide bonds. The van der Waals surface area contributed by atoms with E-state index in [4.69, 9.17) is 24.2 Å². The number of nitrogens with zero attached hydrogens (tertiary/aromatic N) is 1. The van der Waals surface area contributed by atoms with Crippen molar-refractivity contribution in [1.82, 2.24) is 4.90 Å². The summed E-state index contributed by atoms with van der Waals surface area (Å²) in [6.07, 6.45) is 5.23. The minimum Gasteiger partial charge on any atom is -0.405 e. The molecule has 1 aromatic carbocycles. The number of likely N-dealkylation sites (N-methyl/N-ethyl adjacent to an activating group) is 1. The lowest BCUT2D eigenvalue weighted by Gasteiger charge is -2.51. The Kier molecular flexibility index (Phi) is 8.48. The zero-order chi connectivity index (χ0) is 17.6. The van der Waals surface area contributed by atoms with Gasteiger partial charge in [0.2, 0.25) is 14.8 Å². The number of rotatable bonds is 5. The van der Waals surface area contributed by atoms with Gasteiger partial charge in [0.1, 0.15) is 0 Å². The van der Waals surface area contributed by atoms with Crippen molar-refractivity contribution in [2.75, 3.05) is 14.1 Å². The molecule has 1 unspecified atom stereocenters. The van der Waals surface area contributed by atoms with Crippen molar-refractivity contribution in [1.29, 1.82) is 0 Å². The first-order valence-electron chi connectivity index (χ1n) is 7.84. The van der Waals surface area contributed by atoms with E-state index in [1.54, 1.807) is 0 Å². The second-order valence-corrected chi connectivity index (χ2v) is 8.04. The van der Waals surface area contributed by atoms with Gasteiger partial charge >= 0.3 is 0 Å². The van der Waals surface area contributed by atoms with Crippen molar-refractivity contribution in [2.45, 2.75) is 51.0 Å². The third-order valence-electron chi connectivity index (χ3n) is 4.62. The molecule has 1 aliphatic carbocycles. The van der Waals surface area contributed by atoms with E-state index in [9.17, 15) is 0 Å². The SMILES string of the molecule is CC(C)CC(N(C)C)C1(c2ccc(Cl)cc2)CCC1.[O-][Br+2]([O-])[O-]. The lowest BCUT2D eigenvalue weighted by atomic mass is 9.58. The van der Waals surface area contributed by atoms with Gasteiger partial charge in [-0.15, -0.1) is 0 Å². The molecule has 1 aromatic rings. The van der Waals surface area contributed by atoms with Gasteiger partial charge in [0, 0.05) is 16.5 Å². The van der Waals surface area contributed by atoms with Gasteiger partial charge in [-0.3, -0.25) is 0 Å². The van der Waals surface area contributed by atoms with Gasteiger partial charge < -0.3 is 17.5 Å². The molecule has 4 nitrogen and oxygen atoms in total. The molecule has 1 saturated carbocycles. The number of benzene rings is 1. The van der Waals surface area contributed by atoms with Crippen molar-refractivity contribution >= 4 is 11.6 Å². The maximum Gasteiger partial charge on any atom is 0.216 e. The summed E-state index contributed by atoms with van der Waals surface area (Å²) < 4.78 is 25.6. The summed E-state index contributed by atoms with van der Waals surface area (Å²) in [4.78, 5) is 2.42. The van der Waals surface area contributed by atoms with E-state index in [1.807, 2.05) is 12.1 Å². The van der Waals surface area contributed by atoms with E-state index in [-0.39, 0.29) is 0 Å². The fourth-order valence-corrected chi connectivity index (χ4v) is 3.66. The molecule has 132 valence electrons. The average Bonchev–Trinajstić information content (AvgIpc) is 2.37. The van der Waals surface area contributed by atoms with E-state index in [0.29, 0.717) is 11.5 Å². The van der Waals surface area contributed by atoms with Crippen molar-refractivity contribution in [2.24, 2.45) is 5.92 Å². The molecule has 23 heavy (non-hydrogen) atoms. The molecule has 0 N–H and O–H groups in total. The number of halogens is 2. The van der Waals surface area contributed by atoms with Crippen molar-refractivity contribution in [3.05, 3.63) is 34.9 Å². The molecule has 0 radical (unpaired) electrons. The van der Waals surface area contributed by atoms with E-state index < -0.39 is 14.8 Å². The van der Waals surface area contributed by atoms with Crippen LogP contribution < -0.4 is 12.6 Å². The van der Waals surface area contributed by atoms with E-state index in [0.717, 1.165) is 10.9 Å². The fourth-order valence-electron chi connectivity index (χ4n) is 3.53. The van der Waals surface area contributed by atoms with Crippen LogP contribution in [0, 0.1) is 20.7 Å². The van der Waals surface area contributed by atoms with Gasteiger partial charge in [-0.25, -0.2) is 0 Å². The summed E-state index contributed by atoms with van der Waals surface area (Å²) in [7, 11) is 4.45. The monoisotopic (exact) mass is 406 g/mol. The molecule has 1 atom stereocenters. The number of hydrogen-bond acceptors (Lipinski definition) is 4. The summed E-state index contributed by atoms with van der Waals surface area (Å²) in [5.74, 6) is 0.733. The van der Waals surface area contributed by atoms with E-state index >= 15 is 0 Å². The highest BCUT2D eigenvalue weighted by Crippen LogP contribution is 2.49. The van der Waals surface area contributed by atoms with Gasteiger partial charge in [-0.2, -0.15) is 0 Å². The lowest BCUT2D eigenvalue weighted by Crippen LogP contribution is -2.52. The number of hydrogen-bond donors (Lipinski definition) is 0. The first kappa shape index (κ1) is 20.9. The zero-order valence-corrected chi connectivity index (χ0v) is 16.6. The van der Waals surface area contributed by atoms with Crippen molar-refractivity contribution in [3.63, 3.8) is 0 Å². The quantitative estimate of drug-likeness (QED) is 0.734. The van der Waals surface area contributed by atoms with E-state index in [2.05, 4.69) is 45.0 Å². The van der Waals surface area contributed by atoms with Crippen LogP contribution in [0.4, 0.5) is 0 Å². The van der Waals surface area contributed by atoms with Crippen molar-refractivity contribution < 1.29 is 27.4 Å². The topological polar surface area (TPSA) is 72.4 Å². The Bertz CT molecular complexity index is 459. The average molecular weight is 408 g/mol. The summed E-state index contributed by atoms with van der Waals surface area (Å²) in [6, 6.07) is 9.18. The standard InChI is InChI=1S/C17H26ClN.BrO3/c1-13(2)12-16(19(3)4)17(10-5-11-17)14-6-8-15(18)9-7-14;2-1(3)4/h6-9,13,16H,5,10-12H2,1-4H3;/q;-1. The molecule has 0 aromatic heterocycles. The molecule has 1 fully saturated rings. The third-order valence-corrected chi connectivity index (χ3v) is 4.87. The van der Waals surface area contributed by atoms with Gasteiger partial charge in [0.15, 0.2) is 0 Å². The first-order chi connectivity index (χ1) is 10.7. The summed E-state index contributed by atoms with van der Waals surface area (Å²) >= 11 is 2.39. The Hall–Kier alpha value is -0.170. The zero-order valence-electron chi connectivity index (χ0n) is 14.2. The molecule has 2 rings (SSSR count). The summed E-state index contributed by atoms with van der Waals surface area (Å²) in [5, 5.41) is 0.837. The lowest BCUT2D eigenvalue weighted by molar-refractivity contribution is -1.73. The predicted molar refractivity (Wildman–Crippen MR) is 83.9 cm³/mol. The second kappa shape index (κ2) is 9.35. The highest BCUT2D eigenvalue weighted by atomic mass is 80.0. The van der Waals surface area contributed by atoms with Crippen LogP contribution in [-0.2, 0) is 5.41 Å². The van der Waals surface area contributed by atoms with Crippen LogP contribution in [0.15, 0.2) is 24.3 Å². The van der Waals surface area contributed by atoms with E-state index in [1.165, 1.54) is 31.2 Å². The molecule has 0 saturated heterocycles. The van der Waals surface area contributed by atoms with Crippen LogP contribution in [0.25, 0.3) is 0 Å². The molecule has 0 spiro atoms. The molecule has 0 bridgehead atoms. The fraction of sp³-hybridized carbons (Fsp3) is 0.647. The first-order valence-corrected chi connectivity index (χ1v) is 10.2. The summed E-state index contributed by atoms with van der Waals surface area (Å²) in [5.41, 5.74) is 1.82. The molecular weight excluding hydrogens is 382 g/mol. The van der Waals surface area contributed by atoms with Crippen LogP contribution >= 0.6 is 11.6 Å². The molecular formula is C17H26BrClNO3-. The minimum atomic E-state index is -3.65. The van der Waals surface area contributed by atoms with Gasteiger partial charge in [-0.05, 0) is 57.0 Å². The largest absolute Gasteiger partial charge is 0.405 e. The second-order valence-electron chi connectivity index (χ2n) is 6.81. The predicted octanol–water partition coefficient (Wildman–Crippen LogP) is 1.17. The Morgan fingerprint density at radius 2 is 1.61 bits per heavy atom. The van der Waals surface area contributed by atoms with Crippen LogP contribution in [0.1, 0.15) is 45.1 Å². The summed E-state index contributed by atoms with van der Waals surface area (Å²) in [6.45, 7) is 4.65. The smallest absolute Gasteiger partial charge is 0.216 e. The third kappa shape index (κ3) is 6.00. The highest BCUT2D eigenvalue weighted by Gasteiger charge is 2.46. The van der Waals surface area contributed by atoms with Gasteiger partial charge in [0.25, 0.3) is 0 Å². The van der Waals surface area contributed by atoms with Gasteiger partial charge in [-0.1, -0.05) is 44.0 Å². The Morgan fingerprint density at radius 3 is 1.91 bits per heavy atom. The molecule has 6 heteroatoms. The highest BCUT2D eigenvalue weighted by molar-refractivity contribution is 6.30. The van der Waals surface area contributed by atoms with Crippen molar-refractivity contribution in [3.8, 4) is 0 Å². The maximum absolute atomic E-state index is 8.52. The Balaban J connectivity index is 0.000000593. The van der Waals surface area contributed by atoms with Crippen LogP contribution in [0.5, 0.6) is 0 Å². The van der Waals surface area contributed by atoms with Crippen LogP contribution in [0.3, 0.4) is 0 Å².